The lowest BCUT2D eigenvalue weighted by atomic mass is 10.3. The first kappa shape index (κ1) is 18.7. The van der Waals surface area contributed by atoms with Gasteiger partial charge in [0.1, 0.15) is 5.01 Å². The fourth-order valence-corrected chi connectivity index (χ4v) is 5.15. The highest BCUT2D eigenvalue weighted by Gasteiger charge is 2.16. The summed E-state index contributed by atoms with van der Waals surface area (Å²) in [4.78, 5) is 17.6. The number of nitrogens with one attached hydrogen (secondary N) is 2. The molecule has 1 amide bonds. The van der Waals surface area contributed by atoms with Gasteiger partial charge in [0.25, 0.3) is 0 Å². The number of aromatic nitrogens is 1. The van der Waals surface area contributed by atoms with Crippen molar-refractivity contribution in [3.63, 3.8) is 0 Å². The number of hydrogen-bond acceptors (Lipinski definition) is 6. The van der Waals surface area contributed by atoms with Gasteiger partial charge >= 0.3 is 0 Å². The second-order valence-electron chi connectivity index (χ2n) is 5.54. The molecule has 0 aliphatic carbocycles. The summed E-state index contributed by atoms with van der Waals surface area (Å²) in [6, 6.07) is 10.00. The molecule has 3 rings (SSSR count). The molecule has 0 saturated heterocycles. The molecule has 0 saturated carbocycles. The molecule has 0 bridgehead atoms. The van der Waals surface area contributed by atoms with Gasteiger partial charge in [-0.2, -0.15) is 0 Å². The Kier molecular flexibility index (Phi) is 5.52. The molecule has 0 atom stereocenters. The summed E-state index contributed by atoms with van der Waals surface area (Å²) in [5, 5.41) is 5.49. The zero-order valence-corrected chi connectivity index (χ0v) is 16.6. The molecular weight excluding hydrogens is 390 g/mol. The molecule has 2 heterocycles. The molecule has 0 spiro atoms. The highest BCUT2D eigenvalue weighted by atomic mass is 32.2. The highest BCUT2D eigenvalue weighted by Crippen LogP contribution is 2.31. The summed E-state index contributed by atoms with van der Waals surface area (Å²) in [5.74, 6) is -0.207. The van der Waals surface area contributed by atoms with Crippen molar-refractivity contribution in [2.24, 2.45) is 0 Å². The van der Waals surface area contributed by atoms with Gasteiger partial charge in [-0.3, -0.25) is 4.79 Å². The van der Waals surface area contributed by atoms with E-state index in [1.807, 2.05) is 24.4 Å². The number of hydrogen-bond donors (Lipinski definition) is 2. The Morgan fingerprint density at radius 3 is 2.54 bits per heavy atom. The molecule has 26 heavy (non-hydrogen) atoms. The van der Waals surface area contributed by atoms with Crippen molar-refractivity contribution in [3.05, 3.63) is 52.3 Å². The highest BCUT2D eigenvalue weighted by molar-refractivity contribution is 7.89. The molecule has 3 aromatic rings. The van der Waals surface area contributed by atoms with E-state index in [1.54, 1.807) is 23.5 Å². The number of aryl methyl sites for hydroxylation is 1. The first-order chi connectivity index (χ1) is 12.3. The summed E-state index contributed by atoms with van der Waals surface area (Å²) in [6.07, 6.45) is 0. The molecule has 0 unspecified atom stereocenters. The van der Waals surface area contributed by atoms with Crippen LogP contribution in [0.1, 0.15) is 17.5 Å². The Balaban J connectivity index is 1.71. The van der Waals surface area contributed by atoms with Crippen molar-refractivity contribution < 1.29 is 13.2 Å². The van der Waals surface area contributed by atoms with E-state index in [0.717, 1.165) is 20.5 Å². The largest absolute Gasteiger partial charge is 0.326 e. The number of amides is 1. The quantitative estimate of drug-likeness (QED) is 0.653. The van der Waals surface area contributed by atoms with E-state index >= 15 is 0 Å². The Bertz CT molecular complexity index is 1010. The van der Waals surface area contributed by atoms with Gasteiger partial charge in [0.15, 0.2) is 0 Å². The molecular formula is C17H17N3O3S3. The standard InChI is InChI=1S/C17H17N3O3S3/c1-11-16(25-17(19-11)15-4-3-9-24-15)10-18-26(22,23)14-7-5-13(6-8-14)20-12(2)21/h3-9,18H,10H2,1-2H3,(H,20,21). The lowest BCUT2D eigenvalue weighted by molar-refractivity contribution is -0.114. The molecule has 0 aliphatic heterocycles. The van der Waals surface area contributed by atoms with E-state index in [9.17, 15) is 13.2 Å². The molecule has 0 radical (unpaired) electrons. The molecule has 0 aliphatic rings. The second-order valence-corrected chi connectivity index (χ2v) is 9.33. The van der Waals surface area contributed by atoms with Gasteiger partial charge in [0.05, 0.1) is 15.5 Å². The lowest BCUT2D eigenvalue weighted by Crippen LogP contribution is -2.23. The van der Waals surface area contributed by atoms with Crippen LogP contribution in [0, 0.1) is 6.92 Å². The number of carbonyl (C=O) groups is 1. The normalized spacial score (nSPS) is 11.5. The Morgan fingerprint density at radius 1 is 1.19 bits per heavy atom. The van der Waals surface area contributed by atoms with E-state index in [1.165, 1.54) is 30.4 Å². The van der Waals surface area contributed by atoms with E-state index in [-0.39, 0.29) is 17.3 Å². The van der Waals surface area contributed by atoms with Crippen LogP contribution in [-0.2, 0) is 21.4 Å². The van der Waals surface area contributed by atoms with Gasteiger partial charge in [-0.1, -0.05) is 6.07 Å². The Hall–Kier alpha value is -2.07. The second kappa shape index (κ2) is 7.67. The van der Waals surface area contributed by atoms with Gasteiger partial charge in [0.2, 0.25) is 15.9 Å². The van der Waals surface area contributed by atoms with Crippen LogP contribution in [0.4, 0.5) is 5.69 Å². The fourth-order valence-electron chi connectivity index (χ4n) is 2.26. The summed E-state index contributed by atoms with van der Waals surface area (Å²) >= 11 is 3.09. The third-order valence-electron chi connectivity index (χ3n) is 3.53. The molecule has 2 aromatic heterocycles. The number of nitrogens with zero attached hydrogens (tertiary/aromatic N) is 1. The van der Waals surface area contributed by atoms with Gasteiger partial charge in [-0.15, -0.1) is 22.7 Å². The van der Waals surface area contributed by atoms with Crippen LogP contribution in [0.5, 0.6) is 0 Å². The summed E-state index contributed by atoms with van der Waals surface area (Å²) in [5.41, 5.74) is 1.37. The van der Waals surface area contributed by atoms with Crippen molar-refractivity contribution in [3.8, 4) is 9.88 Å². The maximum atomic E-state index is 12.5. The SMILES string of the molecule is CC(=O)Nc1ccc(S(=O)(=O)NCc2sc(-c3cccs3)nc2C)cc1. The number of thiazole rings is 1. The molecule has 136 valence electrons. The van der Waals surface area contributed by atoms with E-state index < -0.39 is 10.0 Å². The van der Waals surface area contributed by atoms with E-state index in [0.29, 0.717) is 5.69 Å². The van der Waals surface area contributed by atoms with Crippen LogP contribution in [0.25, 0.3) is 9.88 Å². The van der Waals surface area contributed by atoms with Gasteiger partial charge in [-0.25, -0.2) is 18.1 Å². The minimum absolute atomic E-state index is 0.146. The van der Waals surface area contributed by atoms with Gasteiger partial charge < -0.3 is 5.32 Å². The summed E-state index contributed by atoms with van der Waals surface area (Å²) < 4.78 is 27.6. The van der Waals surface area contributed by atoms with Crippen molar-refractivity contribution in [1.29, 1.82) is 0 Å². The number of rotatable bonds is 6. The van der Waals surface area contributed by atoms with Crippen molar-refractivity contribution >= 4 is 44.3 Å². The van der Waals surface area contributed by atoms with Crippen molar-refractivity contribution in [2.45, 2.75) is 25.3 Å². The molecule has 1 aromatic carbocycles. The van der Waals surface area contributed by atoms with Crippen LogP contribution < -0.4 is 10.0 Å². The van der Waals surface area contributed by atoms with Crippen molar-refractivity contribution in [2.75, 3.05) is 5.32 Å². The van der Waals surface area contributed by atoms with Gasteiger partial charge in [-0.05, 0) is 42.6 Å². The van der Waals surface area contributed by atoms with Gasteiger partial charge in [0, 0.05) is 24.0 Å². The third kappa shape index (κ3) is 4.36. The van der Waals surface area contributed by atoms with E-state index in [2.05, 4.69) is 15.0 Å². The Morgan fingerprint density at radius 2 is 1.92 bits per heavy atom. The average Bonchev–Trinajstić information content (AvgIpc) is 3.22. The monoisotopic (exact) mass is 407 g/mol. The first-order valence-electron chi connectivity index (χ1n) is 7.72. The first-order valence-corrected chi connectivity index (χ1v) is 10.9. The smallest absolute Gasteiger partial charge is 0.240 e. The number of benzene rings is 1. The van der Waals surface area contributed by atoms with Crippen LogP contribution in [-0.4, -0.2) is 19.3 Å². The zero-order valence-electron chi connectivity index (χ0n) is 14.1. The van der Waals surface area contributed by atoms with Crippen molar-refractivity contribution in [1.82, 2.24) is 9.71 Å². The number of carbonyl (C=O) groups excluding carboxylic acids is 1. The molecule has 0 fully saturated rings. The predicted molar refractivity (Wildman–Crippen MR) is 105 cm³/mol. The maximum Gasteiger partial charge on any atom is 0.240 e. The minimum atomic E-state index is -3.65. The topological polar surface area (TPSA) is 88.2 Å². The maximum absolute atomic E-state index is 12.5. The number of anilines is 1. The van der Waals surface area contributed by atoms with E-state index in [4.69, 9.17) is 0 Å². The lowest BCUT2D eigenvalue weighted by Gasteiger charge is -2.07. The fraction of sp³-hybridized carbons (Fsp3) is 0.176. The number of sulfonamides is 1. The number of thiophene rings is 1. The van der Waals surface area contributed by atoms with Crippen LogP contribution in [0.15, 0.2) is 46.7 Å². The third-order valence-corrected chi connectivity index (χ3v) is 7.15. The summed E-state index contributed by atoms with van der Waals surface area (Å²) in [7, 11) is -3.65. The summed E-state index contributed by atoms with van der Waals surface area (Å²) in [6.45, 7) is 3.46. The van der Waals surface area contributed by atoms with Crippen LogP contribution in [0.3, 0.4) is 0 Å². The molecule has 2 N–H and O–H groups in total. The molecule has 9 heteroatoms. The predicted octanol–water partition coefficient (Wildman–Crippen LogP) is 3.62. The molecule has 6 nitrogen and oxygen atoms in total. The minimum Gasteiger partial charge on any atom is -0.326 e. The zero-order chi connectivity index (χ0) is 18.7. The van der Waals surface area contributed by atoms with Crippen LogP contribution >= 0.6 is 22.7 Å². The Labute approximate surface area is 160 Å². The van der Waals surface area contributed by atoms with Crippen LogP contribution in [0.2, 0.25) is 0 Å². The average molecular weight is 408 g/mol.